The molecule has 0 spiro atoms. The van der Waals surface area contributed by atoms with Crippen LogP contribution in [-0.2, 0) is 25.7 Å². The minimum Gasteiger partial charge on any atom is -1.00 e. The molecule has 0 bridgehead atoms. The van der Waals surface area contributed by atoms with Crippen LogP contribution in [0.25, 0.3) is 46.6 Å². The summed E-state index contributed by atoms with van der Waals surface area (Å²) >= 11 is 12.7. The number of aliphatic carboxylic acids is 2. The summed E-state index contributed by atoms with van der Waals surface area (Å²) in [7, 11) is 2.49. The number of nitrogens with two attached hydrogens (primary N) is 1. The monoisotopic (exact) mass is 2070 g/mol. The van der Waals surface area contributed by atoms with Crippen LogP contribution in [0.5, 0.6) is 69.0 Å². The number of fused-ring (bicyclic) bond motifs is 5. The number of rotatable bonds is 17. The molecule has 5 aliphatic rings. The summed E-state index contributed by atoms with van der Waals surface area (Å²) in [6, 6.07) is 43.3. The van der Waals surface area contributed by atoms with Gasteiger partial charge in [0.15, 0.2) is 104 Å². The number of aromatic hydroxyl groups is 2. The van der Waals surface area contributed by atoms with E-state index in [0.29, 0.717) is 116 Å². The summed E-state index contributed by atoms with van der Waals surface area (Å²) < 4.78 is 138. The number of aliphatic hydroxyl groups is 2. The van der Waals surface area contributed by atoms with Crippen molar-refractivity contribution in [3.63, 3.8) is 0 Å². The molecule has 5 aliphatic heterocycles. The van der Waals surface area contributed by atoms with Gasteiger partial charge in [-0.2, -0.15) is 0 Å². The van der Waals surface area contributed by atoms with Gasteiger partial charge in [0.25, 0.3) is 6.47 Å². The van der Waals surface area contributed by atoms with E-state index in [1.165, 1.54) is 30.3 Å². The second kappa shape index (κ2) is 60.8. The van der Waals surface area contributed by atoms with E-state index in [1.807, 2.05) is 119 Å². The number of para-hydroxylation sites is 2. The fourth-order valence-corrected chi connectivity index (χ4v) is 12.0. The fraction of sp³-hybridized carbons (Fsp3) is 0.244. The number of ether oxygens (including phenoxy) is 10. The maximum absolute atomic E-state index is 15.2. The van der Waals surface area contributed by atoms with E-state index in [2.05, 4.69) is 77.4 Å². The number of phenols is 2. The molecule has 0 aromatic heterocycles. The van der Waals surface area contributed by atoms with Crippen molar-refractivity contribution in [1.29, 1.82) is 0 Å². The Hall–Kier alpha value is -8.31. The topological polar surface area (TPSA) is 393 Å². The molecule has 10 aromatic rings. The third-order valence-corrected chi connectivity index (χ3v) is 20.8. The Balaban J connectivity index is 0.000000410. The Labute approximate surface area is 864 Å². The largest absolute Gasteiger partial charge is 1.00 e. The van der Waals surface area contributed by atoms with Crippen LogP contribution in [0.15, 0.2) is 166 Å². The predicted octanol–water partition coefficient (Wildman–Crippen LogP) is 8.92. The molecule has 0 unspecified atom stereocenters. The van der Waals surface area contributed by atoms with Crippen LogP contribution in [0, 0.1) is 68.5 Å². The van der Waals surface area contributed by atoms with Crippen LogP contribution >= 0.6 is 60.6 Å². The maximum atomic E-state index is 15.2. The number of nitrogens with zero attached hydrogens (tertiary/aromatic N) is 1. The third kappa shape index (κ3) is 34.9. The Morgan fingerprint density at radius 2 is 0.915 bits per heavy atom. The van der Waals surface area contributed by atoms with Gasteiger partial charge in [-0.1, -0.05) is 141 Å². The predicted molar refractivity (Wildman–Crippen MR) is 482 cm³/mol. The van der Waals surface area contributed by atoms with Gasteiger partial charge in [0.1, 0.15) is 78.4 Å². The molecular weight excluding hydrogens is 1980 g/mol. The van der Waals surface area contributed by atoms with Crippen LogP contribution in [0.4, 0.5) is 26.3 Å². The molecule has 0 aliphatic carbocycles. The molecule has 0 fully saturated rings. The van der Waals surface area contributed by atoms with Crippen molar-refractivity contribution in [3.05, 3.63) is 253 Å². The van der Waals surface area contributed by atoms with Gasteiger partial charge in [0.2, 0.25) is 0 Å². The van der Waals surface area contributed by atoms with Crippen molar-refractivity contribution in [2.45, 2.75) is 46.6 Å². The Kier molecular flexibility index (Phi) is 53.3. The third-order valence-electron chi connectivity index (χ3n) is 18.3. The number of benzene rings is 10. The molecule has 10 N–H and O–H groups in total. The first kappa shape index (κ1) is 114. The number of carbonyl (C=O) groups is 4. The molecule has 5 heterocycles. The van der Waals surface area contributed by atoms with E-state index in [4.69, 9.17) is 98.7 Å². The first-order valence-electron chi connectivity index (χ1n) is 38.6. The van der Waals surface area contributed by atoms with Gasteiger partial charge < -0.3 is 105 Å². The van der Waals surface area contributed by atoms with Crippen molar-refractivity contribution in [3.8, 4) is 91.2 Å². The smallest absolute Gasteiger partial charge is 1.00 e. The molecule has 130 heavy (non-hydrogen) atoms. The number of phenolic OH excluding ortho intramolecular Hbond substituents is 2. The van der Waals surface area contributed by atoms with Gasteiger partial charge in [0.05, 0.1) is 23.6 Å². The van der Waals surface area contributed by atoms with E-state index >= 15 is 8.78 Å². The number of thiol groups is 1. The fourth-order valence-electron chi connectivity index (χ4n) is 11.7. The standard InChI is InChI=1S/C29H29FO5.C25H21FO3.C8H8BFO4.C8H6BrFO2.C8H7FO2.C6H5FO2.C3H7NO3.C2H4Br2.CH2O3.BHNS.2K.H/c1-18-6-7-20(8-9-23(17-31)29(32)33)16-22(18)11-10-21-4-3-5-24(19(21)2)25-12-13-26-28(27(25)30)35-15-14-34-26;1-16-6-7-18(15-27)14-20(16)9-8-19-4-3-5-21(17(19)2)22-10-11-23-25(24(22)26)29-13-12-28-23;10-7-5(9(11)12)1-2-6-8(7)14-4-3-13-6;9-5-1-2-6-8(7(5)10)12-4-3-11-6;9-6-2-1-3-7-8(6)11-5-4-10-7;7-4-2-1-3-5(8)6(4)9;4-2(1-5)3(6)7;3-1-2-4;2-1-4-3;1-2-3;;;/h3-7,10-13,16,23,31H,8-9,14-15,17H2,1-2H3,(H,32,33);3-11,14-15H,12-13H2,1-2H3;1-2,11-12H,3-4H2;1-2H,3-4H2;1-3H,4-5H2;1-3,8-9H;2,5H,1,4H2,(H,6,7);1-2H2;1,3H;3H;;;/q;;;;;;;;;;2*+1;-1/p-1/b11-10+;9-8+;;;;;;;;;;;/t23-;;;;;;2-;;;;;;/m0.....0....../s1. The zero-order chi connectivity index (χ0) is 93.9. The van der Waals surface area contributed by atoms with E-state index < -0.39 is 78.2 Å². The van der Waals surface area contributed by atoms with Crippen molar-refractivity contribution in [1.82, 2.24) is 0 Å². The maximum Gasteiger partial charge on any atom is 1.00 e. The number of carboxylic acids is 2. The van der Waals surface area contributed by atoms with Gasteiger partial charge in [-0.05, 0) is 190 Å². The number of hydrogen-bond acceptors (Lipinski definition) is 25. The molecule has 10 aromatic carbocycles. The Bertz CT molecular complexity index is 5420. The number of halogens is 9. The van der Waals surface area contributed by atoms with Crippen LogP contribution in [0.1, 0.15) is 68.3 Å². The van der Waals surface area contributed by atoms with Crippen LogP contribution in [0.2, 0.25) is 0 Å². The summed E-state index contributed by atoms with van der Waals surface area (Å²) in [6.07, 6.45) is 9.78. The van der Waals surface area contributed by atoms with Gasteiger partial charge in [-0.15, -0.1) is 0 Å². The van der Waals surface area contributed by atoms with E-state index in [9.17, 15) is 37.1 Å². The van der Waals surface area contributed by atoms with Crippen molar-refractivity contribution < 1.29 is 248 Å². The molecule has 0 saturated carbocycles. The number of carboxylic acid groups (broad SMARTS) is 2. The summed E-state index contributed by atoms with van der Waals surface area (Å²) in [6.45, 7) is 10.8. The summed E-state index contributed by atoms with van der Waals surface area (Å²) in [4.78, 5) is 43.1. The second-order valence-corrected chi connectivity index (χ2v) is 29.4. The summed E-state index contributed by atoms with van der Waals surface area (Å²) in [5, 5.41) is 79.7. The van der Waals surface area contributed by atoms with E-state index in [1.54, 1.807) is 54.6 Å². The van der Waals surface area contributed by atoms with E-state index in [-0.39, 0.29) is 170 Å². The SMILES string of the molecule is BrCCBr.Cc1ccc(C=O)cc1/C=C/c1cccc(-c2ccc3c(c2F)OCCO3)c1C.Cc1ccc(CC[C@@H](CO)C(=O)O)cc1/C=C/c1cccc(-c2ccc3c(c2F)OCCO3)c1C.Fc1c(Br)ccc2c1OCCO2.Fc1cccc2c1OCCO2.N[C@@H](CO)C(=O)O.O=CO[O-].OB(O)c1ccc2c(c1F)OCCO2.Oc1cccc(F)c1O.[B]=NS.[H-].[K+].[K+]. The summed E-state index contributed by atoms with van der Waals surface area (Å²) in [5.41, 5.74) is 16.8. The number of aryl methyl sites for hydroxylation is 3. The molecule has 40 heteroatoms. The number of hydrogen-bond donors (Lipinski definition) is 10. The number of alkyl halides is 2. The molecule has 26 nitrogen and oxygen atoms in total. The zero-order valence-electron chi connectivity index (χ0n) is 72.1. The van der Waals surface area contributed by atoms with Gasteiger partial charge in [0, 0.05) is 32.8 Å². The first-order chi connectivity index (χ1) is 61.5. The minimum atomic E-state index is -1.84. The Morgan fingerprint density at radius 3 is 1.32 bits per heavy atom. The second-order valence-electron chi connectivity index (χ2n) is 26.7. The molecular formula is C90H90B2Br3F6K2N2O24S. The van der Waals surface area contributed by atoms with Crippen molar-refractivity contribution in [2.24, 2.45) is 16.0 Å². The van der Waals surface area contributed by atoms with Crippen molar-refractivity contribution in [2.75, 3.05) is 89.9 Å². The summed E-state index contributed by atoms with van der Waals surface area (Å²) in [5.74, 6) is -4.37. The number of aldehydes is 1. The zero-order valence-corrected chi connectivity index (χ0v) is 83.0. The molecule has 2 atom stereocenters. The molecule has 0 amide bonds. The molecule has 681 valence electrons. The quantitative estimate of drug-likeness (QED) is 0.00468. The van der Waals surface area contributed by atoms with Crippen molar-refractivity contribution >= 4 is 130 Å². The minimum absolute atomic E-state index is 0. The van der Waals surface area contributed by atoms with Gasteiger partial charge in [-0.25, -0.2) is 26.3 Å². The average molecular weight is 2070 g/mol. The molecule has 1 radical (unpaired) electrons. The van der Waals surface area contributed by atoms with Gasteiger partial charge in [-0.3, -0.25) is 19.2 Å². The van der Waals surface area contributed by atoms with Crippen LogP contribution in [-0.4, -0.2) is 176 Å². The number of carbonyl (C=O) groups excluding carboxylic acids is 2. The van der Waals surface area contributed by atoms with E-state index in [0.717, 1.165) is 84.2 Å². The van der Waals surface area contributed by atoms with Gasteiger partial charge >= 0.3 is 147 Å². The Morgan fingerprint density at radius 1 is 0.523 bits per heavy atom. The average Bonchev–Trinajstić information content (AvgIpc) is 0.785. The van der Waals surface area contributed by atoms with Crippen LogP contribution in [0.3, 0.4) is 0 Å². The van der Waals surface area contributed by atoms with Crippen LogP contribution < -0.4 is 167 Å². The normalized spacial score (nSPS) is 12.5. The first-order valence-corrected chi connectivity index (χ1v) is 42.0. The number of aliphatic hydroxyl groups excluding tert-OH is 2. The molecule has 0 saturated heterocycles. The molecule has 15 rings (SSSR count).